The average Bonchev–Trinajstić information content (AvgIpc) is 3.07. The standard InChI is InChI=1S/C18H15FN4O3/c1-21-18-13(10-15(22-18)11-5-3-2-4-6-11)17(20)26-12-7-8-16(23(24)25)14(19)9-12/h2-10,20-22H,1H3. The first-order chi connectivity index (χ1) is 12.5. The van der Waals surface area contributed by atoms with E-state index in [1.165, 1.54) is 6.07 Å². The minimum atomic E-state index is -1.02. The van der Waals surface area contributed by atoms with Gasteiger partial charge in [-0.05, 0) is 17.7 Å². The van der Waals surface area contributed by atoms with Crippen molar-refractivity contribution in [2.24, 2.45) is 0 Å². The summed E-state index contributed by atoms with van der Waals surface area (Å²) in [5.74, 6) is -0.673. The molecular weight excluding hydrogens is 339 g/mol. The Morgan fingerprint density at radius 1 is 1.23 bits per heavy atom. The summed E-state index contributed by atoms with van der Waals surface area (Å²) in [7, 11) is 1.70. The predicted octanol–water partition coefficient (Wildman–Crippen LogP) is 4.18. The second-order valence-electron chi connectivity index (χ2n) is 5.39. The number of benzene rings is 2. The molecule has 0 aliphatic carbocycles. The number of H-pyrrole nitrogens is 1. The first-order valence-corrected chi connectivity index (χ1v) is 7.66. The number of nitrogens with zero attached hydrogens (tertiary/aromatic N) is 1. The van der Waals surface area contributed by atoms with Crippen LogP contribution in [-0.4, -0.2) is 22.9 Å². The zero-order valence-corrected chi connectivity index (χ0v) is 13.7. The summed E-state index contributed by atoms with van der Waals surface area (Å²) in [6.07, 6.45) is 0. The van der Waals surface area contributed by atoms with Crippen molar-refractivity contribution in [3.8, 4) is 17.0 Å². The van der Waals surface area contributed by atoms with Crippen molar-refractivity contribution >= 4 is 17.4 Å². The summed E-state index contributed by atoms with van der Waals surface area (Å²) >= 11 is 0. The highest BCUT2D eigenvalue weighted by atomic mass is 19.1. The molecule has 0 aliphatic heterocycles. The molecule has 0 spiro atoms. The van der Waals surface area contributed by atoms with Gasteiger partial charge in [0.25, 0.3) is 0 Å². The quantitative estimate of drug-likeness (QED) is 0.277. The third kappa shape index (κ3) is 3.39. The fourth-order valence-electron chi connectivity index (χ4n) is 2.48. The number of hydrogen-bond donors (Lipinski definition) is 3. The molecule has 0 radical (unpaired) electrons. The molecule has 0 unspecified atom stereocenters. The number of halogens is 1. The zero-order valence-electron chi connectivity index (χ0n) is 13.7. The first kappa shape index (κ1) is 17.2. The van der Waals surface area contributed by atoms with Crippen LogP contribution >= 0.6 is 0 Å². The maximum atomic E-state index is 13.7. The second kappa shape index (κ2) is 7.06. The van der Waals surface area contributed by atoms with E-state index in [4.69, 9.17) is 10.1 Å². The fourth-order valence-corrected chi connectivity index (χ4v) is 2.48. The molecule has 0 bridgehead atoms. The van der Waals surface area contributed by atoms with Crippen LogP contribution in [0.5, 0.6) is 5.75 Å². The van der Waals surface area contributed by atoms with E-state index in [0.29, 0.717) is 11.4 Å². The second-order valence-corrected chi connectivity index (χ2v) is 5.39. The van der Waals surface area contributed by atoms with Crippen LogP contribution in [0.15, 0.2) is 54.6 Å². The summed E-state index contributed by atoms with van der Waals surface area (Å²) in [6, 6.07) is 14.4. The molecule has 132 valence electrons. The van der Waals surface area contributed by atoms with Crippen molar-refractivity contribution in [3.05, 3.63) is 76.1 Å². The van der Waals surface area contributed by atoms with Crippen LogP contribution in [0.25, 0.3) is 11.3 Å². The SMILES string of the molecule is CNc1[nH]c(-c2ccccc2)cc1C(=N)Oc1ccc([N+](=O)[O-])c(F)c1. The summed E-state index contributed by atoms with van der Waals surface area (Å²) in [5, 5.41) is 21.8. The molecule has 0 amide bonds. The lowest BCUT2D eigenvalue weighted by atomic mass is 10.1. The van der Waals surface area contributed by atoms with E-state index in [1.54, 1.807) is 13.1 Å². The summed E-state index contributed by atoms with van der Waals surface area (Å²) < 4.78 is 19.1. The highest BCUT2D eigenvalue weighted by Gasteiger charge is 2.18. The van der Waals surface area contributed by atoms with E-state index < -0.39 is 16.4 Å². The Labute approximate surface area is 148 Å². The number of aromatic nitrogens is 1. The highest BCUT2D eigenvalue weighted by molar-refractivity contribution is 5.99. The van der Waals surface area contributed by atoms with Crippen LogP contribution in [0.4, 0.5) is 15.9 Å². The molecule has 26 heavy (non-hydrogen) atoms. The Morgan fingerprint density at radius 3 is 2.58 bits per heavy atom. The van der Waals surface area contributed by atoms with Crippen LogP contribution < -0.4 is 10.1 Å². The maximum absolute atomic E-state index is 13.7. The molecule has 0 atom stereocenters. The smallest absolute Gasteiger partial charge is 0.305 e. The van der Waals surface area contributed by atoms with Gasteiger partial charge in [-0.3, -0.25) is 15.5 Å². The molecule has 8 heteroatoms. The minimum absolute atomic E-state index is 0.00242. The third-order valence-corrected chi connectivity index (χ3v) is 3.73. The van der Waals surface area contributed by atoms with Gasteiger partial charge in [-0.25, -0.2) is 0 Å². The van der Waals surface area contributed by atoms with Gasteiger partial charge < -0.3 is 15.0 Å². The van der Waals surface area contributed by atoms with Crippen molar-refractivity contribution < 1.29 is 14.1 Å². The van der Waals surface area contributed by atoms with Gasteiger partial charge in [-0.2, -0.15) is 4.39 Å². The molecule has 1 heterocycles. The Morgan fingerprint density at radius 2 is 1.96 bits per heavy atom. The van der Waals surface area contributed by atoms with Gasteiger partial charge in [-0.1, -0.05) is 30.3 Å². The summed E-state index contributed by atoms with van der Waals surface area (Å²) in [5.41, 5.74) is 1.52. The monoisotopic (exact) mass is 354 g/mol. The van der Waals surface area contributed by atoms with Crippen LogP contribution in [0, 0.1) is 21.3 Å². The average molecular weight is 354 g/mol. The van der Waals surface area contributed by atoms with Gasteiger partial charge in [0, 0.05) is 24.9 Å². The van der Waals surface area contributed by atoms with E-state index in [1.807, 2.05) is 30.3 Å². The lowest BCUT2D eigenvalue weighted by molar-refractivity contribution is -0.387. The van der Waals surface area contributed by atoms with Crippen molar-refractivity contribution in [2.75, 3.05) is 12.4 Å². The van der Waals surface area contributed by atoms with E-state index in [0.717, 1.165) is 23.4 Å². The molecule has 0 saturated carbocycles. The number of hydrogen-bond acceptors (Lipinski definition) is 5. The molecule has 2 aromatic carbocycles. The van der Waals surface area contributed by atoms with Crippen LogP contribution in [0.1, 0.15) is 5.56 Å². The van der Waals surface area contributed by atoms with Gasteiger partial charge in [0.05, 0.1) is 10.5 Å². The van der Waals surface area contributed by atoms with Crippen molar-refractivity contribution in [1.82, 2.24) is 4.98 Å². The van der Waals surface area contributed by atoms with E-state index in [-0.39, 0.29) is 11.6 Å². The Balaban J connectivity index is 1.87. The highest BCUT2D eigenvalue weighted by Crippen LogP contribution is 2.27. The summed E-state index contributed by atoms with van der Waals surface area (Å²) in [4.78, 5) is 13.0. The predicted molar refractivity (Wildman–Crippen MR) is 96.3 cm³/mol. The molecule has 3 N–H and O–H groups in total. The molecule has 3 rings (SSSR count). The van der Waals surface area contributed by atoms with E-state index >= 15 is 0 Å². The van der Waals surface area contributed by atoms with Crippen LogP contribution in [0.2, 0.25) is 0 Å². The molecule has 3 aromatic rings. The zero-order chi connectivity index (χ0) is 18.7. The first-order valence-electron chi connectivity index (χ1n) is 7.66. The Hall–Kier alpha value is -3.68. The van der Waals surface area contributed by atoms with Gasteiger partial charge in [0.15, 0.2) is 0 Å². The van der Waals surface area contributed by atoms with Crippen LogP contribution in [-0.2, 0) is 0 Å². The Kier molecular flexibility index (Phi) is 4.66. The van der Waals surface area contributed by atoms with Crippen LogP contribution in [0.3, 0.4) is 0 Å². The lowest BCUT2D eigenvalue weighted by Gasteiger charge is -2.07. The topological polar surface area (TPSA) is 104 Å². The number of anilines is 1. The molecule has 0 saturated heterocycles. The lowest BCUT2D eigenvalue weighted by Crippen LogP contribution is -2.10. The van der Waals surface area contributed by atoms with Gasteiger partial charge in [0.1, 0.15) is 11.6 Å². The largest absolute Gasteiger partial charge is 0.439 e. The Bertz CT molecular complexity index is 970. The number of nitro groups is 1. The molecular formula is C18H15FN4O3. The van der Waals surface area contributed by atoms with E-state index in [2.05, 4.69) is 10.3 Å². The number of nitrogens with one attached hydrogen (secondary N) is 3. The van der Waals surface area contributed by atoms with E-state index in [9.17, 15) is 14.5 Å². The molecule has 0 fully saturated rings. The minimum Gasteiger partial charge on any atom is -0.439 e. The van der Waals surface area contributed by atoms with Gasteiger partial charge in [0.2, 0.25) is 11.7 Å². The maximum Gasteiger partial charge on any atom is 0.305 e. The number of aromatic amines is 1. The van der Waals surface area contributed by atoms with Crippen molar-refractivity contribution in [2.45, 2.75) is 0 Å². The molecule has 1 aromatic heterocycles. The number of ether oxygens (including phenoxy) is 1. The van der Waals surface area contributed by atoms with Crippen molar-refractivity contribution in [1.29, 1.82) is 5.41 Å². The molecule has 0 aliphatic rings. The van der Waals surface area contributed by atoms with Crippen molar-refractivity contribution in [3.63, 3.8) is 0 Å². The molecule has 7 nitrogen and oxygen atoms in total. The van der Waals surface area contributed by atoms with Gasteiger partial charge >= 0.3 is 5.69 Å². The summed E-state index contributed by atoms with van der Waals surface area (Å²) in [6.45, 7) is 0. The normalized spacial score (nSPS) is 10.4. The fraction of sp³-hybridized carbons (Fsp3) is 0.0556. The number of rotatable bonds is 5. The third-order valence-electron chi connectivity index (χ3n) is 3.73. The number of nitro benzene ring substituents is 1. The van der Waals surface area contributed by atoms with Gasteiger partial charge in [-0.15, -0.1) is 0 Å².